The number of carbonyl (C=O) groups excluding carboxylic acids is 1. The van der Waals surface area contributed by atoms with Crippen LogP contribution in [0.3, 0.4) is 0 Å². The predicted octanol–water partition coefficient (Wildman–Crippen LogP) is 2.30. The fourth-order valence-electron chi connectivity index (χ4n) is 1.91. The summed E-state index contributed by atoms with van der Waals surface area (Å²) in [7, 11) is -0.334. The Labute approximate surface area is 112 Å². The molecule has 0 aromatic rings. The van der Waals surface area contributed by atoms with E-state index in [9.17, 15) is 4.79 Å². The molecule has 1 fully saturated rings. The van der Waals surface area contributed by atoms with Crippen molar-refractivity contribution in [3.8, 4) is 0 Å². The Balaban J connectivity index is 2.63. The van der Waals surface area contributed by atoms with Crippen LogP contribution < -0.4 is 5.32 Å². The number of carbonyl (C=O) groups is 1. The van der Waals surface area contributed by atoms with Crippen LogP contribution in [0, 0.1) is 0 Å². The van der Waals surface area contributed by atoms with E-state index in [1.54, 1.807) is 0 Å². The van der Waals surface area contributed by atoms with E-state index in [4.69, 9.17) is 9.16 Å². The highest BCUT2D eigenvalue weighted by Gasteiger charge is 2.42. The maximum Gasteiger partial charge on any atom is 0.307 e. The van der Waals surface area contributed by atoms with Gasteiger partial charge in [-0.15, -0.1) is 0 Å². The van der Waals surface area contributed by atoms with Gasteiger partial charge in [-0.3, -0.25) is 4.79 Å². The summed E-state index contributed by atoms with van der Waals surface area (Å²) in [5, 5.41) is 3.54. The molecule has 0 aliphatic carbocycles. The molecule has 1 heterocycles. The van der Waals surface area contributed by atoms with Crippen molar-refractivity contribution in [1.29, 1.82) is 0 Å². The molecule has 2 atom stereocenters. The smallest absolute Gasteiger partial charge is 0.307 e. The van der Waals surface area contributed by atoms with Gasteiger partial charge in [0.2, 0.25) is 0 Å². The molecule has 0 bridgehead atoms. The van der Waals surface area contributed by atoms with Crippen LogP contribution in [-0.4, -0.2) is 40.1 Å². The van der Waals surface area contributed by atoms with Gasteiger partial charge in [0.1, 0.15) is 0 Å². The normalized spacial score (nSPS) is 25.2. The molecule has 1 aliphatic rings. The van der Waals surface area contributed by atoms with Gasteiger partial charge in [0.15, 0.2) is 8.32 Å². The van der Waals surface area contributed by atoms with Crippen LogP contribution in [0.4, 0.5) is 0 Å². The quantitative estimate of drug-likeness (QED) is 0.631. The van der Waals surface area contributed by atoms with Crippen molar-refractivity contribution >= 4 is 14.3 Å². The van der Waals surface area contributed by atoms with Crippen LogP contribution in [0.2, 0.25) is 18.1 Å². The molecule has 1 rings (SSSR count). The molecule has 0 unspecified atom stereocenters. The Morgan fingerprint density at radius 3 is 2.50 bits per heavy atom. The van der Waals surface area contributed by atoms with Crippen molar-refractivity contribution < 1.29 is 14.0 Å². The highest BCUT2D eigenvalue weighted by atomic mass is 28.4. The molecule has 0 aromatic carbocycles. The SMILES string of the molecule is COC(=O)C[C@H]1NCC[C@@H]1O[Si](C)(C)C(C)(C)C. The van der Waals surface area contributed by atoms with Gasteiger partial charge < -0.3 is 14.5 Å². The van der Waals surface area contributed by atoms with E-state index in [0.717, 1.165) is 13.0 Å². The van der Waals surface area contributed by atoms with Crippen molar-refractivity contribution in [1.82, 2.24) is 5.32 Å². The minimum absolute atomic E-state index is 0.103. The van der Waals surface area contributed by atoms with Gasteiger partial charge in [0.05, 0.1) is 19.6 Å². The third-order valence-electron chi connectivity index (χ3n) is 4.15. The number of esters is 1. The molecule has 1 saturated heterocycles. The maximum atomic E-state index is 11.4. The lowest BCUT2D eigenvalue weighted by atomic mass is 10.1. The fraction of sp³-hybridized carbons (Fsp3) is 0.923. The van der Waals surface area contributed by atoms with Crippen LogP contribution >= 0.6 is 0 Å². The minimum Gasteiger partial charge on any atom is -0.469 e. The maximum absolute atomic E-state index is 11.4. The second-order valence-electron chi connectivity index (χ2n) is 6.55. The largest absolute Gasteiger partial charge is 0.469 e. The molecular weight excluding hydrogens is 246 g/mol. The van der Waals surface area contributed by atoms with Gasteiger partial charge in [0.25, 0.3) is 0 Å². The first-order valence-electron chi connectivity index (χ1n) is 6.65. The van der Waals surface area contributed by atoms with Gasteiger partial charge in [-0.1, -0.05) is 20.8 Å². The van der Waals surface area contributed by atoms with Crippen LogP contribution in [0.25, 0.3) is 0 Å². The Bertz CT molecular complexity index is 299. The van der Waals surface area contributed by atoms with Crippen LogP contribution in [-0.2, 0) is 14.0 Å². The van der Waals surface area contributed by atoms with Gasteiger partial charge >= 0.3 is 5.97 Å². The zero-order valence-electron chi connectivity index (χ0n) is 12.5. The monoisotopic (exact) mass is 273 g/mol. The second-order valence-corrected chi connectivity index (χ2v) is 11.3. The highest BCUT2D eigenvalue weighted by Crippen LogP contribution is 2.38. The Morgan fingerprint density at radius 2 is 2.00 bits per heavy atom. The molecule has 4 nitrogen and oxygen atoms in total. The number of rotatable bonds is 4. The van der Waals surface area contributed by atoms with Crippen molar-refractivity contribution in [2.75, 3.05) is 13.7 Å². The van der Waals surface area contributed by atoms with Crippen LogP contribution in [0.1, 0.15) is 33.6 Å². The lowest BCUT2D eigenvalue weighted by molar-refractivity contribution is -0.141. The standard InChI is InChI=1S/C13H27NO3Si/c1-13(2,3)18(5,6)17-11-7-8-14-10(11)9-12(15)16-4/h10-11,14H,7-9H2,1-6H3/t10-,11+/m1/s1. The van der Waals surface area contributed by atoms with Crippen molar-refractivity contribution in [3.63, 3.8) is 0 Å². The molecule has 0 amide bonds. The molecule has 0 saturated carbocycles. The Morgan fingerprint density at radius 1 is 1.39 bits per heavy atom. The number of hydrogen-bond acceptors (Lipinski definition) is 4. The summed E-state index contributed by atoms with van der Waals surface area (Å²) in [5.41, 5.74) is 0. The first-order valence-corrected chi connectivity index (χ1v) is 9.56. The summed E-state index contributed by atoms with van der Waals surface area (Å²) in [6, 6.07) is 0.103. The van der Waals surface area contributed by atoms with Gasteiger partial charge in [0, 0.05) is 6.04 Å². The first kappa shape index (κ1) is 15.7. The molecule has 0 radical (unpaired) electrons. The molecular formula is C13H27NO3Si. The van der Waals surface area contributed by atoms with Crippen molar-refractivity contribution in [2.24, 2.45) is 0 Å². The molecule has 106 valence electrons. The summed E-state index contributed by atoms with van der Waals surface area (Å²) < 4.78 is 11.1. The van der Waals surface area contributed by atoms with Crippen LogP contribution in [0.5, 0.6) is 0 Å². The Hall–Kier alpha value is -0.393. The molecule has 1 N–H and O–H groups in total. The summed E-state index contributed by atoms with van der Waals surface area (Å²) in [6.07, 6.45) is 1.52. The number of nitrogens with one attached hydrogen (secondary N) is 1. The molecule has 18 heavy (non-hydrogen) atoms. The summed E-state index contributed by atoms with van der Waals surface area (Å²) in [4.78, 5) is 11.4. The van der Waals surface area contributed by atoms with E-state index in [1.165, 1.54) is 7.11 Å². The average molecular weight is 273 g/mol. The first-order chi connectivity index (χ1) is 8.17. The highest BCUT2D eigenvalue weighted by molar-refractivity contribution is 6.74. The number of ether oxygens (including phenoxy) is 1. The van der Waals surface area contributed by atoms with Crippen LogP contribution in [0.15, 0.2) is 0 Å². The van der Waals surface area contributed by atoms with Gasteiger partial charge in [-0.2, -0.15) is 0 Å². The predicted molar refractivity (Wildman–Crippen MR) is 75.1 cm³/mol. The molecule has 0 spiro atoms. The van der Waals surface area contributed by atoms with Crippen molar-refractivity contribution in [2.45, 2.75) is 63.9 Å². The minimum atomic E-state index is -1.77. The second kappa shape index (κ2) is 5.71. The van der Waals surface area contributed by atoms with E-state index in [1.807, 2.05) is 0 Å². The fourth-order valence-corrected chi connectivity index (χ4v) is 3.30. The third-order valence-corrected chi connectivity index (χ3v) is 8.65. The molecule has 1 aliphatic heterocycles. The summed E-state index contributed by atoms with van der Waals surface area (Å²) >= 11 is 0. The van der Waals surface area contributed by atoms with E-state index in [-0.39, 0.29) is 23.2 Å². The Kier molecular flexibility index (Phi) is 4.97. The zero-order valence-corrected chi connectivity index (χ0v) is 13.5. The zero-order chi connectivity index (χ0) is 14.0. The van der Waals surface area contributed by atoms with E-state index < -0.39 is 8.32 Å². The number of hydrogen-bond donors (Lipinski definition) is 1. The average Bonchev–Trinajstić information content (AvgIpc) is 2.63. The molecule has 5 heteroatoms. The van der Waals surface area contributed by atoms with Crippen molar-refractivity contribution in [3.05, 3.63) is 0 Å². The van der Waals surface area contributed by atoms with Gasteiger partial charge in [-0.25, -0.2) is 0 Å². The number of methoxy groups -OCH3 is 1. The topological polar surface area (TPSA) is 47.6 Å². The van der Waals surface area contributed by atoms with E-state index in [2.05, 4.69) is 39.2 Å². The van der Waals surface area contributed by atoms with E-state index >= 15 is 0 Å². The summed E-state index contributed by atoms with van der Waals surface area (Å²) in [6.45, 7) is 12.1. The van der Waals surface area contributed by atoms with Gasteiger partial charge in [-0.05, 0) is 31.1 Å². The third kappa shape index (κ3) is 3.80. The molecule has 0 aromatic heterocycles. The lowest BCUT2D eigenvalue weighted by Gasteiger charge is -2.39. The lowest BCUT2D eigenvalue weighted by Crippen LogP contribution is -2.47. The van der Waals surface area contributed by atoms with E-state index in [0.29, 0.717) is 6.42 Å². The summed E-state index contributed by atoms with van der Waals surface area (Å²) in [5.74, 6) is -0.168.